The average molecular weight is 217 g/mol. The molecule has 2 aliphatic heterocycles. The summed E-state index contributed by atoms with van der Waals surface area (Å²) < 4.78 is 24.1. The zero-order valence-corrected chi connectivity index (χ0v) is 9.20. The molecule has 0 N–H and O–H groups in total. The van der Waals surface area contributed by atoms with Gasteiger partial charge in [0, 0.05) is 13.0 Å². The standard InChI is InChI=1S/C10H16FNO3/c1-10(2)12-7(5-15-10)6(4-14-3)8(11)9(12)13/h6-8H,4-5H2,1-3H3/t6-,7+,8?/m0/s1. The number of fused-ring (bicyclic) bond motifs is 1. The van der Waals surface area contributed by atoms with Gasteiger partial charge in [0.05, 0.1) is 19.3 Å². The Morgan fingerprint density at radius 3 is 2.93 bits per heavy atom. The third-order valence-corrected chi connectivity index (χ3v) is 3.22. The molecule has 86 valence electrons. The number of hydrogen-bond donors (Lipinski definition) is 0. The van der Waals surface area contributed by atoms with Crippen LogP contribution in [0.25, 0.3) is 0 Å². The molecular weight excluding hydrogens is 201 g/mol. The molecule has 0 aromatic carbocycles. The SMILES string of the molecule is COC[C@@H]1C(F)C(=O)N2[C@@H]1COC2(C)C. The van der Waals surface area contributed by atoms with Crippen molar-refractivity contribution < 1.29 is 18.7 Å². The average Bonchev–Trinajstić information content (AvgIpc) is 2.59. The number of carbonyl (C=O) groups excluding carboxylic acids is 1. The second-order valence-corrected chi connectivity index (χ2v) is 4.55. The lowest BCUT2D eigenvalue weighted by Crippen LogP contribution is -2.44. The fourth-order valence-corrected chi connectivity index (χ4v) is 2.48. The van der Waals surface area contributed by atoms with E-state index in [4.69, 9.17) is 9.47 Å². The molecule has 0 aliphatic carbocycles. The normalized spacial score (nSPS) is 38.5. The Morgan fingerprint density at radius 1 is 1.67 bits per heavy atom. The number of alkyl halides is 1. The summed E-state index contributed by atoms with van der Waals surface area (Å²) in [5.41, 5.74) is -0.686. The van der Waals surface area contributed by atoms with Crippen molar-refractivity contribution in [3.05, 3.63) is 0 Å². The smallest absolute Gasteiger partial charge is 0.260 e. The fraction of sp³-hybridized carbons (Fsp3) is 0.900. The number of amides is 1. The van der Waals surface area contributed by atoms with Gasteiger partial charge in [-0.15, -0.1) is 0 Å². The number of methoxy groups -OCH3 is 1. The summed E-state index contributed by atoms with van der Waals surface area (Å²) >= 11 is 0. The summed E-state index contributed by atoms with van der Waals surface area (Å²) in [5, 5.41) is 0. The van der Waals surface area contributed by atoms with E-state index in [2.05, 4.69) is 0 Å². The third kappa shape index (κ3) is 1.45. The highest BCUT2D eigenvalue weighted by Gasteiger charge is 2.57. The third-order valence-electron chi connectivity index (χ3n) is 3.22. The number of nitrogens with zero attached hydrogens (tertiary/aromatic N) is 1. The summed E-state index contributed by atoms with van der Waals surface area (Å²) in [6.07, 6.45) is -1.45. The van der Waals surface area contributed by atoms with Crippen LogP contribution in [0.5, 0.6) is 0 Å². The van der Waals surface area contributed by atoms with Crippen molar-refractivity contribution in [1.82, 2.24) is 4.90 Å². The first kappa shape index (κ1) is 10.8. The molecular formula is C10H16FNO3. The number of rotatable bonds is 2. The quantitative estimate of drug-likeness (QED) is 0.678. The maximum Gasteiger partial charge on any atom is 0.260 e. The molecule has 0 bridgehead atoms. The molecule has 2 saturated heterocycles. The fourth-order valence-electron chi connectivity index (χ4n) is 2.48. The van der Waals surface area contributed by atoms with Crippen molar-refractivity contribution in [2.24, 2.45) is 5.92 Å². The van der Waals surface area contributed by atoms with Gasteiger partial charge in [-0.05, 0) is 13.8 Å². The Bertz CT molecular complexity index is 282. The summed E-state index contributed by atoms with van der Waals surface area (Å²) in [7, 11) is 1.51. The summed E-state index contributed by atoms with van der Waals surface area (Å²) in [6.45, 7) is 4.22. The van der Waals surface area contributed by atoms with Crippen molar-refractivity contribution in [3.63, 3.8) is 0 Å². The minimum Gasteiger partial charge on any atom is -0.384 e. The van der Waals surface area contributed by atoms with Gasteiger partial charge in [-0.3, -0.25) is 4.79 Å². The minimum absolute atomic E-state index is 0.178. The Kier molecular flexibility index (Phi) is 2.47. The molecule has 0 aromatic rings. The second-order valence-electron chi connectivity index (χ2n) is 4.55. The van der Waals surface area contributed by atoms with Crippen molar-refractivity contribution >= 4 is 5.91 Å². The molecule has 1 amide bonds. The number of hydrogen-bond acceptors (Lipinski definition) is 3. The highest BCUT2D eigenvalue weighted by Crippen LogP contribution is 2.39. The van der Waals surface area contributed by atoms with Crippen molar-refractivity contribution in [2.45, 2.75) is 31.8 Å². The number of halogens is 1. The van der Waals surface area contributed by atoms with Gasteiger partial charge in [0.2, 0.25) is 0 Å². The van der Waals surface area contributed by atoms with Crippen LogP contribution in [0.3, 0.4) is 0 Å². The molecule has 15 heavy (non-hydrogen) atoms. The maximum atomic E-state index is 13.7. The van der Waals surface area contributed by atoms with E-state index in [1.54, 1.807) is 13.8 Å². The van der Waals surface area contributed by atoms with Crippen LogP contribution in [0.1, 0.15) is 13.8 Å². The lowest BCUT2D eigenvalue weighted by atomic mass is 10.0. The largest absolute Gasteiger partial charge is 0.384 e. The second kappa shape index (κ2) is 3.42. The van der Waals surface area contributed by atoms with Gasteiger partial charge in [0.15, 0.2) is 6.17 Å². The number of ether oxygens (including phenoxy) is 2. The molecule has 1 unspecified atom stereocenters. The molecule has 0 radical (unpaired) electrons. The van der Waals surface area contributed by atoms with Gasteiger partial charge >= 0.3 is 0 Å². The van der Waals surface area contributed by atoms with Crippen LogP contribution in [0, 0.1) is 5.92 Å². The lowest BCUT2D eigenvalue weighted by Gasteiger charge is -2.29. The van der Waals surface area contributed by atoms with Gasteiger partial charge in [0.25, 0.3) is 5.91 Å². The van der Waals surface area contributed by atoms with Crippen LogP contribution >= 0.6 is 0 Å². The highest BCUT2D eigenvalue weighted by molar-refractivity contribution is 5.85. The van der Waals surface area contributed by atoms with E-state index in [1.807, 2.05) is 0 Å². The van der Waals surface area contributed by atoms with Crippen LogP contribution in [0.2, 0.25) is 0 Å². The maximum absolute atomic E-state index is 13.7. The van der Waals surface area contributed by atoms with Crippen LogP contribution in [0.15, 0.2) is 0 Å². The molecule has 2 heterocycles. The predicted molar refractivity (Wildman–Crippen MR) is 50.9 cm³/mol. The molecule has 4 nitrogen and oxygen atoms in total. The number of carbonyl (C=O) groups is 1. The van der Waals surface area contributed by atoms with Crippen molar-refractivity contribution in [2.75, 3.05) is 20.3 Å². The zero-order valence-electron chi connectivity index (χ0n) is 9.20. The molecule has 2 aliphatic rings. The van der Waals surface area contributed by atoms with E-state index in [0.717, 1.165) is 0 Å². The van der Waals surface area contributed by atoms with Crippen molar-refractivity contribution in [1.29, 1.82) is 0 Å². The topological polar surface area (TPSA) is 38.8 Å². The van der Waals surface area contributed by atoms with Gasteiger partial charge in [-0.25, -0.2) is 4.39 Å². The Morgan fingerprint density at radius 2 is 2.33 bits per heavy atom. The van der Waals surface area contributed by atoms with Gasteiger partial charge in [-0.2, -0.15) is 0 Å². The van der Waals surface area contributed by atoms with E-state index in [1.165, 1.54) is 12.0 Å². The predicted octanol–water partition coefficient (Wildman–Crippen LogP) is 0.564. The first-order chi connectivity index (χ1) is 6.99. The molecule has 0 spiro atoms. The van der Waals surface area contributed by atoms with Crippen LogP contribution in [-0.4, -0.2) is 49.1 Å². The first-order valence-corrected chi connectivity index (χ1v) is 5.09. The van der Waals surface area contributed by atoms with Gasteiger partial charge in [0.1, 0.15) is 5.72 Å². The monoisotopic (exact) mass is 217 g/mol. The molecule has 2 fully saturated rings. The Balaban J connectivity index is 2.24. The molecule has 3 atom stereocenters. The van der Waals surface area contributed by atoms with Crippen LogP contribution in [0.4, 0.5) is 4.39 Å². The summed E-state index contributed by atoms with van der Waals surface area (Å²) in [4.78, 5) is 13.2. The van der Waals surface area contributed by atoms with Crippen LogP contribution in [-0.2, 0) is 14.3 Å². The van der Waals surface area contributed by atoms with E-state index >= 15 is 0 Å². The van der Waals surface area contributed by atoms with E-state index in [9.17, 15) is 9.18 Å². The lowest BCUT2D eigenvalue weighted by molar-refractivity contribution is -0.145. The molecule has 2 rings (SSSR count). The summed E-state index contributed by atoms with van der Waals surface area (Å²) in [5.74, 6) is -0.867. The van der Waals surface area contributed by atoms with E-state index in [-0.39, 0.29) is 12.6 Å². The Hall–Kier alpha value is -0.680. The molecule has 0 saturated carbocycles. The van der Waals surface area contributed by atoms with Crippen LogP contribution < -0.4 is 0 Å². The van der Waals surface area contributed by atoms with Gasteiger partial charge < -0.3 is 14.4 Å². The summed E-state index contributed by atoms with van der Waals surface area (Å²) in [6, 6.07) is -0.178. The van der Waals surface area contributed by atoms with E-state index < -0.39 is 23.7 Å². The van der Waals surface area contributed by atoms with Gasteiger partial charge in [-0.1, -0.05) is 0 Å². The minimum atomic E-state index is -1.45. The zero-order chi connectivity index (χ0) is 11.2. The van der Waals surface area contributed by atoms with E-state index in [0.29, 0.717) is 6.61 Å². The van der Waals surface area contributed by atoms with Crippen molar-refractivity contribution in [3.8, 4) is 0 Å². The Labute approximate surface area is 88.3 Å². The molecule has 0 aromatic heterocycles. The highest BCUT2D eigenvalue weighted by atomic mass is 19.1. The first-order valence-electron chi connectivity index (χ1n) is 5.09. The molecule has 5 heteroatoms.